The molecule has 2 aromatic rings. The third-order valence-electron chi connectivity index (χ3n) is 1.60. The Morgan fingerprint density at radius 1 is 1.50 bits per heavy atom. The first-order valence-electron chi connectivity index (χ1n) is 3.43. The van der Waals surface area contributed by atoms with Crippen molar-refractivity contribution in [3.63, 3.8) is 0 Å². The van der Waals surface area contributed by atoms with E-state index in [0.29, 0.717) is 5.69 Å². The fourth-order valence-corrected chi connectivity index (χ4v) is 1.06. The highest BCUT2D eigenvalue weighted by Gasteiger charge is 2.02. The van der Waals surface area contributed by atoms with Crippen LogP contribution >= 0.6 is 0 Å². The van der Waals surface area contributed by atoms with Crippen LogP contribution in [0.3, 0.4) is 0 Å². The van der Waals surface area contributed by atoms with Crippen LogP contribution in [-0.4, -0.2) is 20.7 Å². The van der Waals surface area contributed by atoms with Crippen molar-refractivity contribution < 1.29 is 0 Å². The Morgan fingerprint density at radius 3 is 3.08 bits per heavy atom. The number of nitrogen functional groups attached to an aromatic ring is 1. The average molecular weight is 161 g/mol. The number of nitrogens with one attached hydrogen (secondary N) is 1. The highest BCUT2D eigenvalue weighted by molar-refractivity contribution is 5.93. The first kappa shape index (κ1) is 6.78. The third kappa shape index (κ3) is 0.833. The van der Waals surface area contributed by atoms with E-state index < -0.39 is 0 Å². The molecule has 0 radical (unpaired) electrons. The van der Waals surface area contributed by atoms with Crippen molar-refractivity contribution in [1.29, 1.82) is 5.41 Å². The molecule has 0 aromatic carbocycles. The van der Waals surface area contributed by atoms with Crippen LogP contribution in [0, 0.1) is 5.41 Å². The van der Waals surface area contributed by atoms with Crippen molar-refractivity contribution in [3.8, 4) is 0 Å². The standard InChI is InChI=1S/C7H7N5/c8-7(9)6-3-1-2-5-4-10-11-12(5)6/h1-4H,(H3,8,9). The maximum Gasteiger partial charge on any atom is 0.141 e. The minimum atomic E-state index is -0.00824. The lowest BCUT2D eigenvalue weighted by Gasteiger charge is -1.99. The number of rotatable bonds is 1. The van der Waals surface area contributed by atoms with E-state index in [1.54, 1.807) is 12.3 Å². The lowest BCUT2D eigenvalue weighted by molar-refractivity contribution is 0.846. The van der Waals surface area contributed by atoms with Gasteiger partial charge in [-0.2, -0.15) is 0 Å². The van der Waals surface area contributed by atoms with Crippen molar-refractivity contribution in [2.45, 2.75) is 0 Å². The first-order valence-corrected chi connectivity index (χ1v) is 3.43. The van der Waals surface area contributed by atoms with Crippen LogP contribution in [0.4, 0.5) is 0 Å². The van der Waals surface area contributed by atoms with Gasteiger partial charge in [0.2, 0.25) is 0 Å². The fraction of sp³-hybridized carbons (Fsp3) is 0. The number of pyridine rings is 1. The van der Waals surface area contributed by atoms with E-state index in [1.165, 1.54) is 4.52 Å². The van der Waals surface area contributed by atoms with Crippen LogP contribution in [0.1, 0.15) is 5.69 Å². The van der Waals surface area contributed by atoms with E-state index in [2.05, 4.69) is 10.3 Å². The molecule has 5 heteroatoms. The van der Waals surface area contributed by atoms with Gasteiger partial charge in [0.1, 0.15) is 11.5 Å². The number of fused-ring (bicyclic) bond motifs is 1. The number of nitrogens with two attached hydrogens (primary N) is 1. The van der Waals surface area contributed by atoms with Gasteiger partial charge in [-0.05, 0) is 12.1 Å². The molecular weight excluding hydrogens is 154 g/mol. The second-order valence-electron chi connectivity index (χ2n) is 2.40. The first-order chi connectivity index (χ1) is 5.79. The van der Waals surface area contributed by atoms with Gasteiger partial charge in [0.25, 0.3) is 0 Å². The fourth-order valence-electron chi connectivity index (χ4n) is 1.06. The third-order valence-corrected chi connectivity index (χ3v) is 1.60. The van der Waals surface area contributed by atoms with E-state index in [1.807, 2.05) is 12.1 Å². The van der Waals surface area contributed by atoms with E-state index in [-0.39, 0.29) is 5.84 Å². The Hall–Kier alpha value is -1.91. The van der Waals surface area contributed by atoms with Crippen LogP contribution in [0.2, 0.25) is 0 Å². The maximum atomic E-state index is 7.25. The number of hydrogen-bond donors (Lipinski definition) is 2. The largest absolute Gasteiger partial charge is 0.382 e. The molecular formula is C7H7N5. The predicted molar refractivity (Wildman–Crippen MR) is 44.0 cm³/mol. The van der Waals surface area contributed by atoms with E-state index in [9.17, 15) is 0 Å². The monoisotopic (exact) mass is 161 g/mol. The highest BCUT2D eigenvalue weighted by Crippen LogP contribution is 2.03. The molecule has 0 aliphatic rings. The summed E-state index contributed by atoms with van der Waals surface area (Å²) in [5.41, 5.74) is 6.73. The molecule has 0 amide bonds. The molecule has 0 aliphatic carbocycles. The molecule has 12 heavy (non-hydrogen) atoms. The van der Waals surface area contributed by atoms with Crippen LogP contribution in [0.15, 0.2) is 24.4 Å². The predicted octanol–water partition coefficient (Wildman–Crippen LogP) is 0.0134. The SMILES string of the molecule is N=C(N)c1cccc2cnnn12. The quantitative estimate of drug-likeness (QED) is 0.456. The number of aromatic nitrogens is 3. The summed E-state index contributed by atoms with van der Waals surface area (Å²) in [5, 5.41) is 14.7. The Balaban J connectivity index is 2.82. The summed E-state index contributed by atoms with van der Waals surface area (Å²) in [5.74, 6) is -0.00824. The van der Waals surface area contributed by atoms with Crippen molar-refractivity contribution in [2.24, 2.45) is 5.73 Å². The summed E-state index contributed by atoms with van der Waals surface area (Å²) in [6.45, 7) is 0. The van der Waals surface area contributed by atoms with E-state index in [4.69, 9.17) is 11.1 Å². The lowest BCUT2D eigenvalue weighted by Crippen LogP contribution is -2.15. The van der Waals surface area contributed by atoms with Gasteiger partial charge in [-0.1, -0.05) is 11.3 Å². The molecule has 2 aromatic heterocycles. The summed E-state index contributed by atoms with van der Waals surface area (Å²) in [4.78, 5) is 0. The molecule has 0 saturated heterocycles. The summed E-state index contributed by atoms with van der Waals surface area (Å²) in [7, 11) is 0. The molecule has 0 spiro atoms. The van der Waals surface area contributed by atoms with Crippen molar-refractivity contribution in [3.05, 3.63) is 30.1 Å². The Morgan fingerprint density at radius 2 is 2.33 bits per heavy atom. The highest BCUT2D eigenvalue weighted by atomic mass is 15.4. The molecule has 0 aliphatic heterocycles. The maximum absolute atomic E-state index is 7.25. The zero-order valence-electron chi connectivity index (χ0n) is 6.23. The summed E-state index contributed by atoms with van der Waals surface area (Å²) in [6, 6.07) is 5.39. The van der Waals surface area contributed by atoms with Crippen LogP contribution in [0.5, 0.6) is 0 Å². The van der Waals surface area contributed by atoms with Crippen LogP contribution in [0.25, 0.3) is 5.52 Å². The minimum absolute atomic E-state index is 0.00824. The summed E-state index contributed by atoms with van der Waals surface area (Å²) in [6.07, 6.45) is 1.62. The molecule has 0 atom stereocenters. The average Bonchev–Trinajstić information content (AvgIpc) is 2.49. The molecule has 2 rings (SSSR count). The number of nitrogens with zero attached hydrogens (tertiary/aromatic N) is 3. The van der Waals surface area contributed by atoms with Crippen molar-refractivity contribution in [1.82, 2.24) is 14.8 Å². The van der Waals surface area contributed by atoms with Gasteiger partial charge in [-0.15, -0.1) is 5.10 Å². The summed E-state index contributed by atoms with van der Waals surface area (Å²) >= 11 is 0. The summed E-state index contributed by atoms with van der Waals surface area (Å²) < 4.78 is 1.53. The lowest BCUT2D eigenvalue weighted by atomic mass is 10.3. The zero-order valence-corrected chi connectivity index (χ0v) is 6.23. The molecule has 0 bridgehead atoms. The van der Waals surface area contributed by atoms with Crippen LogP contribution < -0.4 is 5.73 Å². The zero-order chi connectivity index (χ0) is 8.55. The number of amidine groups is 1. The second kappa shape index (κ2) is 2.30. The van der Waals surface area contributed by atoms with Crippen LogP contribution in [-0.2, 0) is 0 Å². The van der Waals surface area contributed by atoms with E-state index >= 15 is 0 Å². The normalized spacial score (nSPS) is 10.3. The van der Waals surface area contributed by atoms with Gasteiger partial charge < -0.3 is 5.73 Å². The molecule has 0 fully saturated rings. The molecule has 2 heterocycles. The molecule has 0 saturated carbocycles. The van der Waals surface area contributed by atoms with Crippen molar-refractivity contribution in [2.75, 3.05) is 0 Å². The van der Waals surface area contributed by atoms with Gasteiger partial charge in [0.05, 0.1) is 11.7 Å². The smallest absolute Gasteiger partial charge is 0.141 e. The van der Waals surface area contributed by atoms with Gasteiger partial charge >= 0.3 is 0 Å². The number of hydrogen-bond acceptors (Lipinski definition) is 3. The van der Waals surface area contributed by atoms with Gasteiger partial charge in [0.15, 0.2) is 0 Å². The molecule has 5 nitrogen and oxygen atoms in total. The second-order valence-corrected chi connectivity index (χ2v) is 2.40. The van der Waals surface area contributed by atoms with Crippen molar-refractivity contribution >= 4 is 11.4 Å². The minimum Gasteiger partial charge on any atom is -0.382 e. The molecule has 3 N–H and O–H groups in total. The van der Waals surface area contributed by atoms with Gasteiger partial charge in [-0.3, -0.25) is 5.41 Å². The Bertz CT molecular complexity index is 430. The van der Waals surface area contributed by atoms with Gasteiger partial charge in [0, 0.05) is 0 Å². The molecule has 0 unspecified atom stereocenters. The van der Waals surface area contributed by atoms with Gasteiger partial charge in [-0.25, -0.2) is 4.52 Å². The van der Waals surface area contributed by atoms with E-state index in [0.717, 1.165) is 5.52 Å². The Kier molecular flexibility index (Phi) is 1.30. The molecule has 60 valence electrons. The Labute approximate surface area is 68.3 Å². The topological polar surface area (TPSA) is 80.1 Å².